The third-order valence-corrected chi connectivity index (χ3v) is 7.77. The molecule has 4 aromatic rings. The Balaban J connectivity index is 1.55. The third-order valence-electron chi connectivity index (χ3n) is 5.79. The maximum absolute atomic E-state index is 13.5. The molecule has 3 aromatic heterocycles. The molecule has 0 saturated carbocycles. The van der Waals surface area contributed by atoms with Crippen LogP contribution in [-0.4, -0.2) is 37.3 Å². The molecule has 1 aliphatic rings. The van der Waals surface area contributed by atoms with E-state index in [2.05, 4.69) is 17.2 Å². The van der Waals surface area contributed by atoms with E-state index in [0.717, 1.165) is 41.1 Å². The molecule has 1 aliphatic heterocycles. The van der Waals surface area contributed by atoms with E-state index >= 15 is 0 Å². The van der Waals surface area contributed by atoms with Gasteiger partial charge in [-0.3, -0.25) is 14.2 Å². The van der Waals surface area contributed by atoms with Gasteiger partial charge in [-0.05, 0) is 43.9 Å². The summed E-state index contributed by atoms with van der Waals surface area (Å²) in [7, 11) is 0. The van der Waals surface area contributed by atoms with Crippen molar-refractivity contribution in [2.75, 3.05) is 6.61 Å². The molecule has 1 fully saturated rings. The molecule has 1 atom stereocenters. The van der Waals surface area contributed by atoms with E-state index in [-0.39, 0.29) is 23.1 Å². The second kappa shape index (κ2) is 8.76. The first-order valence-corrected chi connectivity index (χ1v) is 12.5. The van der Waals surface area contributed by atoms with Gasteiger partial charge < -0.3 is 4.74 Å². The number of benzene rings is 1. The summed E-state index contributed by atoms with van der Waals surface area (Å²) in [4.78, 5) is 33.1. The topological polar surface area (TPSA) is 91.9 Å². The highest BCUT2D eigenvalue weighted by atomic mass is 32.2. The number of aromatic nitrogens is 5. The fraction of sp³-hybridized carbons (Fsp3) is 0.409. The summed E-state index contributed by atoms with van der Waals surface area (Å²) in [6.07, 6.45) is 2.71. The van der Waals surface area contributed by atoms with Crippen LogP contribution < -0.4 is 11.1 Å². The van der Waals surface area contributed by atoms with Gasteiger partial charge in [-0.25, -0.2) is 4.98 Å². The Bertz CT molecular complexity index is 1420. The second-order valence-electron chi connectivity index (χ2n) is 7.80. The summed E-state index contributed by atoms with van der Waals surface area (Å²) in [5.41, 5.74) is 1.38. The van der Waals surface area contributed by atoms with Crippen LogP contribution in [0.15, 0.2) is 39.0 Å². The number of ether oxygens (including phenoxy) is 1. The molecule has 5 rings (SSSR count). The molecule has 0 amide bonds. The Morgan fingerprint density at radius 3 is 2.88 bits per heavy atom. The molecule has 32 heavy (non-hydrogen) atoms. The van der Waals surface area contributed by atoms with Gasteiger partial charge in [-0.2, -0.15) is 4.68 Å². The van der Waals surface area contributed by atoms with Crippen LogP contribution in [0.1, 0.15) is 30.2 Å². The zero-order chi connectivity index (χ0) is 22.2. The van der Waals surface area contributed by atoms with E-state index in [1.54, 1.807) is 28.0 Å². The Morgan fingerprint density at radius 2 is 2.09 bits per heavy atom. The summed E-state index contributed by atoms with van der Waals surface area (Å²) >= 11 is 2.87. The number of nitrogens with zero attached hydrogens (tertiary/aromatic N) is 5. The van der Waals surface area contributed by atoms with Gasteiger partial charge in [0.1, 0.15) is 10.3 Å². The number of thioether (sulfide) groups is 1. The average Bonchev–Trinajstić information content (AvgIpc) is 3.42. The molecular weight excluding hydrogens is 446 g/mol. The van der Waals surface area contributed by atoms with E-state index in [4.69, 9.17) is 9.72 Å². The van der Waals surface area contributed by atoms with Crippen molar-refractivity contribution in [3.05, 3.63) is 55.4 Å². The van der Waals surface area contributed by atoms with Crippen LogP contribution in [0.3, 0.4) is 0 Å². The molecule has 1 unspecified atom stereocenters. The molecule has 0 bridgehead atoms. The minimum atomic E-state index is -0.211. The first kappa shape index (κ1) is 21.3. The van der Waals surface area contributed by atoms with E-state index < -0.39 is 0 Å². The minimum absolute atomic E-state index is 0.000655. The molecule has 1 saturated heterocycles. The van der Waals surface area contributed by atoms with Crippen molar-refractivity contribution < 1.29 is 4.74 Å². The van der Waals surface area contributed by atoms with Gasteiger partial charge in [0.2, 0.25) is 0 Å². The number of rotatable bonds is 6. The average molecular weight is 470 g/mol. The second-order valence-corrected chi connectivity index (χ2v) is 9.92. The maximum atomic E-state index is 13.5. The van der Waals surface area contributed by atoms with Crippen LogP contribution in [0, 0.1) is 6.92 Å². The van der Waals surface area contributed by atoms with Crippen molar-refractivity contribution in [1.29, 1.82) is 0 Å². The maximum Gasteiger partial charge on any atom is 0.278 e. The quantitative estimate of drug-likeness (QED) is 0.316. The molecule has 0 radical (unpaired) electrons. The smallest absolute Gasteiger partial charge is 0.278 e. The van der Waals surface area contributed by atoms with Gasteiger partial charge >= 0.3 is 0 Å². The third kappa shape index (κ3) is 3.76. The van der Waals surface area contributed by atoms with Gasteiger partial charge in [-0.1, -0.05) is 36.0 Å². The predicted molar refractivity (Wildman–Crippen MR) is 127 cm³/mol. The molecule has 0 N–H and O–H groups in total. The normalized spacial score (nSPS) is 16.4. The SMILES string of the molecule is CCc1c(C)sc2nc(SCn3nnc4ccccc4c3=O)n(CC3CCCO3)c(=O)c12. The van der Waals surface area contributed by atoms with Crippen molar-refractivity contribution in [2.45, 2.75) is 56.8 Å². The molecule has 0 aliphatic carbocycles. The molecule has 1 aromatic carbocycles. The monoisotopic (exact) mass is 469 g/mol. The van der Waals surface area contributed by atoms with E-state index in [9.17, 15) is 9.59 Å². The standard InChI is InChI=1S/C22H23N5O3S2/c1-3-15-13(2)32-19-18(15)21(29)26(11-14-7-6-10-30-14)22(23-19)31-12-27-20(28)16-8-4-5-9-17(16)24-25-27/h4-5,8-9,14H,3,6-7,10-12H2,1-2H3. The number of thiophene rings is 1. The lowest BCUT2D eigenvalue weighted by molar-refractivity contribution is 0.0937. The minimum Gasteiger partial charge on any atom is -0.376 e. The number of aryl methyl sites for hydroxylation is 2. The van der Waals surface area contributed by atoms with Crippen molar-refractivity contribution in [1.82, 2.24) is 24.5 Å². The summed E-state index contributed by atoms with van der Waals surface area (Å²) < 4.78 is 8.83. The lowest BCUT2D eigenvalue weighted by atomic mass is 10.1. The van der Waals surface area contributed by atoms with E-state index in [1.807, 2.05) is 19.1 Å². The Hall–Kier alpha value is -2.56. The summed E-state index contributed by atoms with van der Waals surface area (Å²) in [5, 5.41) is 10.0. The van der Waals surface area contributed by atoms with Crippen LogP contribution >= 0.6 is 23.1 Å². The number of fused-ring (bicyclic) bond motifs is 2. The van der Waals surface area contributed by atoms with Crippen LogP contribution in [-0.2, 0) is 23.6 Å². The van der Waals surface area contributed by atoms with Gasteiger partial charge in [0, 0.05) is 11.5 Å². The highest BCUT2D eigenvalue weighted by Gasteiger charge is 2.23. The van der Waals surface area contributed by atoms with Crippen LogP contribution in [0.5, 0.6) is 0 Å². The predicted octanol–water partition coefficient (Wildman–Crippen LogP) is 3.36. The van der Waals surface area contributed by atoms with E-state index in [0.29, 0.717) is 28.0 Å². The largest absolute Gasteiger partial charge is 0.376 e. The summed E-state index contributed by atoms with van der Waals surface area (Å²) in [5.74, 6) is 0.213. The van der Waals surface area contributed by atoms with Gasteiger partial charge in [-0.15, -0.1) is 16.4 Å². The zero-order valence-corrected chi connectivity index (χ0v) is 19.5. The Labute approximate surface area is 192 Å². The lowest BCUT2D eigenvalue weighted by Crippen LogP contribution is -2.29. The molecule has 4 heterocycles. The van der Waals surface area contributed by atoms with Crippen molar-refractivity contribution >= 4 is 44.2 Å². The first-order chi connectivity index (χ1) is 15.6. The molecule has 0 spiro atoms. The van der Waals surface area contributed by atoms with Gasteiger partial charge in [0.25, 0.3) is 11.1 Å². The molecule has 166 valence electrons. The van der Waals surface area contributed by atoms with E-state index in [1.165, 1.54) is 16.4 Å². The highest BCUT2D eigenvalue weighted by molar-refractivity contribution is 7.98. The number of hydrogen-bond donors (Lipinski definition) is 0. The van der Waals surface area contributed by atoms with Crippen LogP contribution in [0.25, 0.3) is 21.1 Å². The van der Waals surface area contributed by atoms with Crippen LogP contribution in [0.4, 0.5) is 0 Å². The molecule has 10 heteroatoms. The Kier molecular flexibility index (Phi) is 5.83. The summed E-state index contributed by atoms with van der Waals surface area (Å²) in [6, 6.07) is 7.14. The van der Waals surface area contributed by atoms with Crippen molar-refractivity contribution in [3.8, 4) is 0 Å². The van der Waals surface area contributed by atoms with Gasteiger partial charge in [0.15, 0.2) is 5.16 Å². The fourth-order valence-corrected chi connectivity index (χ4v) is 6.18. The van der Waals surface area contributed by atoms with Crippen LogP contribution in [0.2, 0.25) is 0 Å². The Morgan fingerprint density at radius 1 is 1.25 bits per heavy atom. The fourth-order valence-electron chi connectivity index (χ4n) is 4.15. The highest BCUT2D eigenvalue weighted by Crippen LogP contribution is 2.30. The summed E-state index contributed by atoms with van der Waals surface area (Å²) in [6.45, 7) is 5.27. The lowest BCUT2D eigenvalue weighted by Gasteiger charge is -2.16. The molecule has 8 nitrogen and oxygen atoms in total. The first-order valence-electron chi connectivity index (χ1n) is 10.7. The van der Waals surface area contributed by atoms with Gasteiger partial charge in [0.05, 0.1) is 29.3 Å². The van der Waals surface area contributed by atoms with Crippen molar-refractivity contribution in [2.24, 2.45) is 0 Å². The molecular formula is C22H23N5O3S2. The zero-order valence-electron chi connectivity index (χ0n) is 17.9. The number of hydrogen-bond acceptors (Lipinski definition) is 8. The van der Waals surface area contributed by atoms with Crippen molar-refractivity contribution in [3.63, 3.8) is 0 Å².